The molecule has 5 heteroatoms. The Kier molecular flexibility index (Phi) is 4.82. The summed E-state index contributed by atoms with van der Waals surface area (Å²) >= 11 is 1.56. The molecule has 0 saturated carbocycles. The number of hydrogen-bond acceptors (Lipinski definition) is 5. The van der Waals surface area contributed by atoms with Gasteiger partial charge in [-0.05, 0) is 48.3 Å². The van der Waals surface area contributed by atoms with Crippen LogP contribution in [0, 0.1) is 18.8 Å². The first-order valence-corrected chi connectivity index (χ1v) is 10.4. The number of benzene rings is 1. The minimum Gasteiger partial charge on any atom is -0.507 e. The topological polar surface area (TPSA) is 49.8 Å². The molecule has 1 N–H and O–H groups in total. The molecule has 4 rings (SSSR count). The van der Waals surface area contributed by atoms with Crippen LogP contribution in [0.2, 0.25) is 0 Å². The number of aryl methyl sites for hydroxylation is 1. The Labute approximate surface area is 164 Å². The van der Waals surface area contributed by atoms with E-state index in [-0.39, 0.29) is 11.5 Å². The third kappa shape index (κ3) is 3.54. The van der Waals surface area contributed by atoms with Gasteiger partial charge in [-0.15, -0.1) is 11.3 Å². The van der Waals surface area contributed by atoms with Crippen molar-refractivity contribution in [3.63, 3.8) is 0 Å². The van der Waals surface area contributed by atoms with Gasteiger partial charge in [0.15, 0.2) is 5.76 Å². The summed E-state index contributed by atoms with van der Waals surface area (Å²) in [5.74, 6) is 2.24. The van der Waals surface area contributed by atoms with Gasteiger partial charge in [0.05, 0.1) is 11.1 Å². The molecule has 0 radical (unpaired) electrons. The van der Waals surface area contributed by atoms with Gasteiger partial charge in [-0.3, -0.25) is 9.69 Å². The molecular formula is C22H25NO3S. The molecule has 2 unspecified atom stereocenters. The number of aromatic hydroxyl groups is 1. The molecule has 2 aromatic rings. The first-order valence-electron chi connectivity index (χ1n) is 9.48. The number of nitrogens with zero attached hydrogens (tertiary/aromatic N) is 1. The summed E-state index contributed by atoms with van der Waals surface area (Å²) in [6.07, 6.45) is 3.02. The average molecular weight is 384 g/mol. The standard InChI is InChI=1S/C22H25NO3S/c1-13-7-14(2)11-23(10-13)12-17-18(24)8-15(3)20-21(25)19(26-22(17)20)9-16-5-4-6-27-16/h4-6,8-9,13-14,24H,7,10-12H2,1-3H3/b19-9+. The maximum Gasteiger partial charge on any atom is 0.232 e. The van der Waals surface area contributed by atoms with Gasteiger partial charge in [-0.2, -0.15) is 0 Å². The monoisotopic (exact) mass is 383 g/mol. The number of phenols is 1. The van der Waals surface area contributed by atoms with Gasteiger partial charge in [0.2, 0.25) is 5.78 Å². The second-order valence-electron chi connectivity index (χ2n) is 7.99. The van der Waals surface area contributed by atoms with Crippen LogP contribution in [0.15, 0.2) is 29.3 Å². The molecule has 4 nitrogen and oxygen atoms in total. The molecule has 1 saturated heterocycles. The lowest BCUT2D eigenvalue weighted by atomic mass is 9.91. The van der Waals surface area contributed by atoms with E-state index in [1.54, 1.807) is 23.5 Å². The van der Waals surface area contributed by atoms with Crippen molar-refractivity contribution in [3.05, 3.63) is 50.9 Å². The average Bonchev–Trinajstić information content (AvgIpc) is 3.20. The van der Waals surface area contributed by atoms with Crippen LogP contribution in [0.1, 0.15) is 46.6 Å². The lowest BCUT2D eigenvalue weighted by Gasteiger charge is -2.35. The second-order valence-corrected chi connectivity index (χ2v) is 8.97. The first kappa shape index (κ1) is 18.3. The van der Waals surface area contributed by atoms with Gasteiger partial charge in [0.1, 0.15) is 11.5 Å². The number of thiophene rings is 1. The summed E-state index contributed by atoms with van der Waals surface area (Å²) in [7, 11) is 0. The fourth-order valence-corrected chi connectivity index (χ4v) is 5.03. The van der Waals surface area contributed by atoms with Crippen LogP contribution in [0.25, 0.3) is 6.08 Å². The highest BCUT2D eigenvalue weighted by Gasteiger charge is 2.34. The summed E-state index contributed by atoms with van der Waals surface area (Å²) in [6.45, 7) is 8.98. The Morgan fingerprint density at radius 1 is 1.33 bits per heavy atom. The molecule has 2 aliphatic heterocycles. The molecule has 3 heterocycles. The van der Waals surface area contributed by atoms with E-state index in [0.29, 0.717) is 35.5 Å². The van der Waals surface area contributed by atoms with E-state index in [4.69, 9.17) is 4.74 Å². The van der Waals surface area contributed by atoms with Crippen molar-refractivity contribution in [1.82, 2.24) is 4.90 Å². The minimum absolute atomic E-state index is 0.0995. The fourth-order valence-electron chi connectivity index (χ4n) is 4.38. The number of allylic oxidation sites excluding steroid dienone is 1. The highest BCUT2D eigenvalue weighted by molar-refractivity contribution is 7.10. The van der Waals surface area contributed by atoms with Gasteiger partial charge in [0.25, 0.3) is 0 Å². The number of rotatable bonds is 3. The van der Waals surface area contributed by atoms with Gasteiger partial charge >= 0.3 is 0 Å². The second kappa shape index (κ2) is 7.13. The van der Waals surface area contributed by atoms with E-state index in [2.05, 4.69) is 18.7 Å². The Balaban J connectivity index is 1.69. The maximum absolute atomic E-state index is 12.9. The van der Waals surface area contributed by atoms with Crippen molar-refractivity contribution in [3.8, 4) is 11.5 Å². The quantitative estimate of drug-likeness (QED) is 0.769. The van der Waals surface area contributed by atoms with Crippen molar-refractivity contribution in [2.24, 2.45) is 11.8 Å². The van der Waals surface area contributed by atoms with Crippen molar-refractivity contribution in [1.29, 1.82) is 0 Å². The Morgan fingerprint density at radius 2 is 2.07 bits per heavy atom. The van der Waals surface area contributed by atoms with E-state index >= 15 is 0 Å². The van der Waals surface area contributed by atoms with Crippen LogP contribution in [-0.4, -0.2) is 28.9 Å². The first-order chi connectivity index (χ1) is 12.9. The smallest absolute Gasteiger partial charge is 0.232 e. The zero-order valence-electron chi connectivity index (χ0n) is 16.0. The number of piperidine rings is 1. The van der Waals surface area contributed by atoms with E-state index in [1.165, 1.54) is 6.42 Å². The third-order valence-electron chi connectivity index (χ3n) is 5.36. The minimum atomic E-state index is -0.0995. The van der Waals surface area contributed by atoms with Gasteiger partial charge in [0, 0.05) is 30.6 Å². The lowest BCUT2D eigenvalue weighted by Crippen LogP contribution is -2.38. The third-order valence-corrected chi connectivity index (χ3v) is 6.18. The van der Waals surface area contributed by atoms with Crippen molar-refractivity contribution in [2.45, 2.75) is 33.7 Å². The number of ether oxygens (including phenoxy) is 1. The lowest BCUT2D eigenvalue weighted by molar-refractivity contribution is 0.101. The van der Waals surface area contributed by atoms with Crippen LogP contribution in [-0.2, 0) is 6.54 Å². The van der Waals surface area contributed by atoms with Gasteiger partial charge in [-0.25, -0.2) is 0 Å². The van der Waals surface area contributed by atoms with Crippen LogP contribution < -0.4 is 4.74 Å². The number of hydrogen-bond donors (Lipinski definition) is 1. The predicted molar refractivity (Wildman–Crippen MR) is 108 cm³/mol. The number of Topliss-reactive ketones (excluding diaryl/α,β-unsaturated/α-hetero) is 1. The number of carbonyl (C=O) groups is 1. The van der Waals surface area contributed by atoms with Crippen molar-refractivity contribution < 1.29 is 14.6 Å². The van der Waals surface area contributed by atoms with E-state index in [9.17, 15) is 9.90 Å². The highest BCUT2D eigenvalue weighted by Crippen LogP contribution is 2.43. The SMILES string of the molecule is Cc1cc(O)c(CN2CC(C)CC(C)C2)c2c1C(=O)/C(=C\c1cccs1)O2. The number of fused-ring (bicyclic) bond motifs is 1. The van der Waals surface area contributed by atoms with Crippen molar-refractivity contribution in [2.75, 3.05) is 13.1 Å². The van der Waals surface area contributed by atoms with E-state index < -0.39 is 0 Å². The van der Waals surface area contributed by atoms with Crippen molar-refractivity contribution >= 4 is 23.2 Å². The predicted octanol–water partition coefficient (Wildman–Crippen LogP) is 4.86. The zero-order chi connectivity index (χ0) is 19.1. The molecule has 0 amide bonds. The summed E-state index contributed by atoms with van der Waals surface area (Å²) in [5.41, 5.74) is 2.06. The van der Waals surface area contributed by atoms with E-state index in [1.807, 2.05) is 24.4 Å². The Bertz CT molecular complexity index is 891. The Morgan fingerprint density at radius 3 is 2.74 bits per heavy atom. The number of ketones is 1. The van der Waals surface area contributed by atoms with Gasteiger partial charge < -0.3 is 9.84 Å². The van der Waals surface area contributed by atoms with E-state index in [0.717, 1.165) is 29.1 Å². The van der Waals surface area contributed by atoms with Crippen LogP contribution in [0.4, 0.5) is 0 Å². The molecule has 0 spiro atoms. The number of likely N-dealkylation sites (tertiary alicyclic amines) is 1. The molecule has 0 bridgehead atoms. The number of carbonyl (C=O) groups excluding carboxylic acids is 1. The fraction of sp³-hybridized carbons (Fsp3) is 0.409. The number of phenolic OH excluding ortho intramolecular Hbond substituents is 1. The highest BCUT2D eigenvalue weighted by atomic mass is 32.1. The summed E-state index contributed by atoms with van der Waals surface area (Å²) < 4.78 is 6.01. The molecule has 1 fully saturated rings. The normalized spacial score (nSPS) is 24.3. The maximum atomic E-state index is 12.9. The zero-order valence-corrected chi connectivity index (χ0v) is 16.8. The van der Waals surface area contributed by atoms with Gasteiger partial charge in [-0.1, -0.05) is 19.9 Å². The Hall–Kier alpha value is -2.11. The van der Waals surface area contributed by atoms with Crippen LogP contribution in [0.5, 0.6) is 11.5 Å². The summed E-state index contributed by atoms with van der Waals surface area (Å²) in [5, 5.41) is 12.6. The van der Waals surface area contributed by atoms with Crippen LogP contribution >= 0.6 is 11.3 Å². The largest absolute Gasteiger partial charge is 0.507 e. The molecular weight excluding hydrogens is 358 g/mol. The summed E-state index contributed by atoms with van der Waals surface area (Å²) in [4.78, 5) is 16.3. The van der Waals surface area contributed by atoms with Crippen LogP contribution in [0.3, 0.4) is 0 Å². The molecule has 27 heavy (non-hydrogen) atoms. The molecule has 2 aliphatic rings. The molecule has 1 aromatic carbocycles. The molecule has 142 valence electrons. The summed E-state index contributed by atoms with van der Waals surface area (Å²) in [6, 6.07) is 5.60. The molecule has 0 aliphatic carbocycles. The molecule has 2 atom stereocenters. The molecule has 1 aromatic heterocycles.